The van der Waals surface area contributed by atoms with Crippen LogP contribution < -0.4 is 11.4 Å². The maximum absolute atomic E-state index is 11.8. The average Bonchev–Trinajstić information content (AvgIpc) is 2.81. The van der Waals surface area contributed by atoms with Gasteiger partial charge in [0, 0.05) is 17.1 Å². The van der Waals surface area contributed by atoms with Crippen LogP contribution in [0.2, 0.25) is 0 Å². The number of hydrogen-bond donors (Lipinski definition) is 2. The lowest BCUT2D eigenvalue weighted by Gasteiger charge is -2.08. The summed E-state index contributed by atoms with van der Waals surface area (Å²) in [4.78, 5) is 24.1. The van der Waals surface area contributed by atoms with Crippen molar-refractivity contribution < 1.29 is 9.53 Å². The molecule has 7 nitrogen and oxygen atoms in total. The van der Waals surface area contributed by atoms with Gasteiger partial charge in [-0.25, -0.2) is 14.7 Å². The van der Waals surface area contributed by atoms with Gasteiger partial charge in [-0.1, -0.05) is 0 Å². The van der Waals surface area contributed by atoms with Crippen molar-refractivity contribution in [2.45, 2.75) is 30.4 Å². The summed E-state index contributed by atoms with van der Waals surface area (Å²) in [6, 6.07) is 5.04. The maximum atomic E-state index is 11.8. The third kappa shape index (κ3) is 3.27. The summed E-state index contributed by atoms with van der Waals surface area (Å²) >= 11 is 1.28. The lowest BCUT2D eigenvalue weighted by Crippen LogP contribution is -2.16. The number of benzene rings is 1. The molecule has 0 unspecified atom stereocenters. The van der Waals surface area contributed by atoms with Crippen LogP contribution in [0.15, 0.2) is 33.0 Å². The van der Waals surface area contributed by atoms with Gasteiger partial charge in [0.2, 0.25) is 0 Å². The smallest absolute Gasteiger partial charge is 0.343 e. The quantitative estimate of drug-likeness (QED) is 0.641. The number of H-pyrrole nitrogens is 1. The molecule has 1 aromatic carbocycles. The van der Waals surface area contributed by atoms with Crippen molar-refractivity contribution in [2.24, 2.45) is 0 Å². The van der Waals surface area contributed by atoms with Gasteiger partial charge in [0.1, 0.15) is 0 Å². The number of nitrogens with zero attached hydrogens (tertiary/aromatic N) is 2. The van der Waals surface area contributed by atoms with E-state index in [1.165, 1.54) is 16.3 Å². The molecule has 0 aliphatic heterocycles. The van der Waals surface area contributed by atoms with Gasteiger partial charge in [-0.15, -0.1) is 5.10 Å². The highest BCUT2D eigenvalue weighted by Gasteiger charge is 2.14. The topological polar surface area (TPSA) is 103 Å². The van der Waals surface area contributed by atoms with Crippen molar-refractivity contribution in [3.05, 3.63) is 34.2 Å². The van der Waals surface area contributed by atoms with Crippen molar-refractivity contribution in [3.8, 4) is 0 Å². The van der Waals surface area contributed by atoms with E-state index in [-0.39, 0.29) is 12.3 Å². The Kier molecular flexibility index (Phi) is 4.69. The molecule has 0 aliphatic carbocycles. The molecule has 8 heteroatoms. The molecule has 0 amide bonds. The second kappa shape index (κ2) is 6.49. The van der Waals surface area contributed by atoms with E-state index in [0.29, 0.717) is 23.0 Å². The number of esters is 1. The standard InChI is InChI=1S/C13H16N4O3S/c1-3-17-12(19)15-16-13(17)21-8-5-6-10(14)9(7-8)11(18)20-4-2/h5-7H,3-4,14H2,1-2H3,(H,15,19). The molecule has 0 aliphatic rings. The Hall–Kier alpha value is -2.22. The summed E-state index contributed by atoms with van der Waals surface area (Å²) in [7, 11) is 0. The van der Waals surface area contributed by atoms with Gasteiger partial charge in [0.25, 0.3) is 0 Å². The molecule has 0 radical (unpaired) electrons. The first kappa shape index (κ1) is 15.2. The number of aromatic nitrogens is 3. The van der Waals surface area contributed by atoms with E-state index >= 15 is 0 Å². The van der Waals surface area contributed by atoms with Gasteiger partial charge in [-0.2, -0.15) is 0 Å². The van der Waals surface area contributed by atoms with Crippen molar-refractivity contribution in [1.29, 1.82) is 0 Å². The molecular formula is C13H16N4O3S. The van der Waals surface area contributed by atoms with Gasteiger partial charge in [0.15, 0.2) is 5.16 Å². The van der Waals surface area contributed by atoms with Crippen LogP contribution in [0.3, 0.4) is 0 Å². The molecule has 0 atom stereocenters. The first-order valence-electron chi connectivity index (χ1n) is 6.46. The summed E-state index contributed by atoms with van der Waals surface area (Å²) in [5.41, 5.74) is 6.19. The fourth-order valence-electron chi connectivity index (χ4n) is 1.75. The third-order valence-electron chi connectivity index (χ3n) is 2.77. The number of anilines is 1. The van der Waals surface area contributed by atoms with Crippen molar-refractivity contribution in [2.75, 3.05) is 12.3 Å². The minimum absolute atomic E-state index is 0.263. The lowest BCUT2D eigenvalue weighted by molar-refractivity contribution is 0.0527. The normalized spacial score (nSPS) is 10.6. The van der Waals surface area contributed by atoms with E-state index in [2.05, 4.69) is 10.2 Å². The average molecular weight is 308 g/mol. The van der Waals surface area contributed by atoms with Crippen LogP contribution in [0.5, 0.6) is 0 Å². The van der Waals surface area contributed by atoms with E-state index in [9.17, 15) is 9.59 Å². The summed E-state index contributed by atoms with van der Waals surface area (Å²) in [6.45, 7) is 4.38. The number of ether oxygens (including phenoxy) is 1. The van der Waals surface area contributed by atoms with Gasteiger partial charge in [-0.3, -0.25) is 4.57 Å². The molecule has 0 saturated heterocycles. The highest BCUT2D eigenvalue weighted by atomic mass is 32.2. The third-order valence-corrected chi connectivity index (χ3v) is 3.75. The van der Waals surface area contributed by atoms with Crippen molar-refractivity contribution >= 4 is 23.4 Å². The van der Waals surface area contributed by atoms with Crippen LogP contribution in [-0.4, -0.2) is 27.3 Å². The Bertz CT molecular complexity index is 708. The van der Waals surface area contributed by atoms with E-state index in [4.69, 9.17) is 10.5 Å². The second-order valence-electron chi connectivity index (χ2n) is 4.13. The van der Waals surface area contributed by atoms with Crippen LogP contribution in [0.25, 0.3) is 0 Å². The predicted molar refractivity (Wildman–Crippen MR) is 79.5 cm³/mol. The number of rotatable bonds is 5. The molecule has 0 bridgehead atoms. The van der Waals surface area contributed by atoms with Crippen LogP contribution in [0.4, 0.5) is 5.69 Å². The number of nitrogens with two attached hydrogens (primary N) is 1. The number of nitrogens with one attached hydrogen (secondary N) is 1. The first-order chi connectivity index (χ1) is 10.1. The van der Waals surface area contributed by atoms with Gasteiger partial charge >= 0.3 is 11.7 Å². The summed E-state index contributed by atoms with van der Waals surface area (Å²) in [5.74, 6) is -0.465. The molecule has 21 heavy (non-hydrogen) atoms. The fraction of sp³-hybridized carbons (Fsp3) is 0.308. The molecule has 0 saturated carbocycles. The Labute approximate surface area is 125 Å². The molecule has 0 spiro atoms. The minimum atomic E-state index is -0.465. The molecule has 2 aromatic rings. The first-order valence-corrected chi connectivity index (χ1v) is 7.28. The number of nitrogen functional groups attached to an aromatic ring is 1. The van der Waals surface area contributed by atoms with E-state index in [1.54, 1.807) is 25.1 Å². The van der Waals surface area contributed by atoms with Crippen molar-refractivity contribution in [3.63, 3.8) is 0 Å². The number of hydrogen-bond acceptors (Lipinski definition) is 6. The number of aromatic amines is 1. The summed E-state index contributed by atoms with van der Waals surface area (Å²) < 4.78 is 6.46. The van der Waals surface area contributed by atoms with Crippen LogP contribution in [0.1, 0.15) is 24.2 Å². The monoisotopic (exact) mass is 308 g/mol. The maximum Gasteiger partial charge on any atom is 0.343 e. The van der Waals surface area contributed by atoms with Crippen LogP contribution in [0, 0.1) is 0 Å². The van der Waals surface area contributed by atoms with Gasteiger partial charge < -0.3 is 10.5 Å². The van der Waals surface area contributed by atoms with Crippen molar-refractivity contribution in [1.82, 2.24) is 14.8 Å². The van der Waals surface area contributed by atoms with Crippen LogP contribution >= 0.6 is 11.8 Å². The van der Waals surface area contributed by atoms with Gasteiger partial charge in [0.05, 0.1) is 12.2 Å². The predicted octanol–water partition coefficient (Wildman–Crippen LogP) is 1.50. The lowest BCUT2D eigenvalue weighted by atomic mass is 10.2. The highest BCUT2D eigenvalue weighted by Crippen LogP contribution is 2.28. The Morgan fingerprint density at radius 2 is 2.24 bits per heavy atom. The Morgan fingerprint density at radius 1 is 1.48 bits per heavy atom. The summed E-state index contributed by atoms with van der Waals surface area (Å²) in [5, 5.41) is 6.88. The number of carbonyl (C=O) groups is 1. The summed E-state index contributed by atoms with van der Waals surface area (Å²) in [6.07, 6.45) is 0. The van der Waals surface area contributed by atoms with Gasteiger partial charge in [-0.05, 0) is 43.8 Å². The minimum Gasteiger partial charge on any atom is -0.462 e. The van der Waals surface area contributed by atoms with Crippen LogP contribution in [-0.2, 0) is 11.3 Å². The molecule has 1 aromatic heterocycles. The number of carbonyl (C=O) groups excluding carboxylic acids is 1. The Balaban J connectivity index is 2.31. The highest BCUT2D eigenvalue weighted by molar-refractivity contribution is 7.99. The molecule has 1 heterocycles. The second-order valence-corrected chi connectivity index (χ2v) is 5.17. The SMILES string of the molecule is CCOC(=O)c1cc(Sc2n[nH]c(=O)n2CC)ccc1N. The fourth-order valence-corrected chi connectivity index (χ4v) is 2.69. The van der Waals surface area contributed by atoms with E-state index in [0.717, 1.165) is 4.90 Å². The van der Waals surface area contributed by atoms with E-state index in [1.807, 2.05) is 6.92 Å². The largest absolute Gasteiger partial charge is 0.462 e. The molecule has 0 fully saturated rings. The zero-order valence-corrected chi connectivity index (χ0v) is 12.6. The molecule has 112 valence electrons. The molecular weight excluding hydrogens is 292 g/mol. The zero-order chi connectivity index (χ0) is 15.4. The molecule has 3 N–H and O–H groups in total. The Morgan fingerprint density at radius 3 is 2.90 bits per heavy atom. The molecule has 2 rings (SSSR count). The van der Waals surface area contributed by atoms with E-state index < -0.39 is 5.97 Å². The zero-order valence-electron chi connectivity index (χ0n) is 11.8.